The lowest BCUT2D eigenvalue weighted by molar-refractivity contribution is -0.123. The standard InChI is InChI=1S/C17H14Br2N2O3/c1-10(14-5-3-7-23-14)21-15(22)9-24-17-13(19)8-12(18)11-4-2-6-20-16(11)17/h2-8,10H,9H2,1H3,(H,21,22). The van der Waals surface area contributed by atoms with E-state index in [2.05, 4.69) is 42.2 Å². The van der Waals surface area contributed by atoms with Gasteiger partial charge in [0.25, 0.3) is 5.91 Å². The third-order valence-electron chi connectivity index (χ3n) is 3.45. The molecule has 7 heteroatoms. The van der Waals surface area contributed by atoms with Crippen molar-refractivity contribution >= 4 is 48.7 Å². The van der Waals surface area contributed by atoms with E-state index in [0.717, 1.165) is 14.3 Å². The molecule has 1 amide bonds. The first kappa shape index (κ1) is 17.0. The predicted molar refractivity (Wildman–Crippen MR) is 97.9 cm³/mol. The Hall–Kier alpha value is -1.86. The van der Waals surface area contributed by atoms with E-state index in [0.29, 0.717) is 17.0 Å². The molecule has 2 aromatic heterocycles. The second kappa shape index (κ2) is 7.36. The van der Waals surface area contributed by atoms with Crippen LogP contribution in [0, 0.1) is 0 Å². The fraction of sp³-hybridized carbons (Fsp3) is 0.176. The highest BCUT2D eigenvalue weighted by Crippen LogP contribution is 2.37. The smallest absolute Gasteiger partial charge is 0.258 e. The van der Waals surface area contributed by atoms with Crippen molar-refractivity contribution in [2.45, 2.75) is 13.0 Å². The Bertz CT molecular complexity index is 866. The topological polar surface area (TPSA) is 64.4 Å². The molecule has 3 rings (SSSR count). The van der Waals surface area contributed by atoms with E-state index in [1.54, 1.807) is 18.5 Å². The highest BCUT2D eigenvalue weighted by atomic mass is 79.9. The van der Waals surface area contributed by atoms with Crippen LogP contribution >= 0.6 is 31.9 Å². The van der Waals surface area contributed by atoms with Gasteiger partial charge in [-0.15, -0.1) is 0 Å². The molecule has 1 N–H and O–H groups in total. The zero-order valence-electron chi connectivity index (χ0n) is 12.8. The number of hydrogen-bond donors (Lipinski definition) is 1. The van der Waals surface area contributed by atoms with Crippen molar-refractivity contribution < 1.29 is 13.9 Å². The third kappa shape index (κ3) is 3.62. The number of furan rings is 1. The number of hydrogen-bond acceptors (Lipinski definition) is 4. The van der Waals surface area contributed by atoms with Crippen LogP contribution in [-0.4, -0.2) is 17.5 Å². The van der Waals surface area contributed by atoms with E-state index in [4.69, 9.17) is 9.15 Å². The number of nitrogens with one attached hydrogen (secondary N) is 1. The van der Waals surface area contributed by atoms with Crippen molar-refractivity contribution in [2.24, 2.45) is 0 Å². The summed E-state index contributed by atoms with van der Waals surface area (Å²) in [5.41, 5.74) is 0.686. The number of fused-ring (bicyclic) bond motifs is 1. The van der Waals surface area contributed by atoms with Crippen LogP contribution in [-0.2, 0) is 4.79 Å². The number of ether oxygens (including phenoxy) is 1. The number of carbonyl (C=O) groups is 1. The molecule has 124 valence electrons. The van der Waals surface area contributed by atoms with Crippen molar-refractivity contribution in [3.8, 4) is 5.75 Å². The summed E-state index contributed by atoms with van der Waals surface area (Å²) in [7, 11) is 0. The fourth-order valence-corrected chi connectivity index (χ4v) is 3.70. The van der Waals surface area contributed by atoms with Crippen molar-refractivity contribution in [2.75, 3.05) is 6.61 Å². The van der Waals surface area contributed by atoms with Crippen LogP contribution in [0.5, 0.6) is 5.75 Å². The lowest BCUT2D eigenvalue weighted by Crippen LogP contribution is -2.31. The van der Waals surface area contributed by atoms with Gasteiger partial charge in [0.05, 0.1) is 16.8 Å². The summed E-state index contributed by atoms with van der Waals surface area (Å²) in [5, 5.41) is 3.75. The van der Waals surface area contributed by atoms with Crippen molar-refractivity contribution in [3.63, 3.8) is 0 Å². The highest BCUT2D eigenvalue weighted by Gasteiger charge is 2.15. The molecule has 2 heterocycles. The Balaban J connectivity index is 1.73. The summed E-state index contributed by atoms with van der Waals surface area (Å²) in [6, 6.07) is 9.04. The highest BCUT2D eigenvalue weighted by molar-refractivity contribution is 9.11. The molecule has 1 aromatic carbocycles. The molecule has 0 aliphatic rings. The summed E-state index contributed by atoms with van der Waals surface area (Å²) in [4.78, 5) is 16.5. The predicted octanol–water partition coefficient (Wildman–Crippen LogP) is 4.61. The van der Waals surface area contributed by atoms with Crippen LogP contribution in [0.1, 0.15) is 18.7 Å². The number of halogens is 2. The summed E-state index contributed by atoms with van der Waals surface area (Å²) >= 11 is 6.96. The molecular weight excluding hydrogens is 440 g/mol. The maximum Gasteiger partial charge on any atom is 0.258 e. The van der Waals surface area contributed by atoms with E-state index < -0.39 is 0 Å². The summed E-state index contributed by atoms with van der Waals surface area (Å²) in [6.45, 7) is 1.74. The molecule has 1 unspecified atom stereocenters. The summed E-state index contributed by atoms with van der Waals surface area (Å²) in [6.07, 6.45) is 3.26. The van der Waals surface area contributed by atoms with Crippen LogP contribution < -0.4 is 10.1 Å². The normalized spacial score (nSPS) is 12.1. The molecule has 0 spiro atoms. The Kier molecular flexibility index (Phi) is 5.20. The number of amides is 1. The number of aromatic nitrogens is 1. The van der Waals surface area contributed by atoms with Crippen LogP contribution in [0.4, 0.5) is 0 Å². The van der Waals surface area contributed by atoms with Crippen LogP contribution in [0.25, 0.3) is 10.9 Å². The largest absolute Gasteiger partial charge is 0.480 e. The van der Waals surface area contributed by atoms with Gasteiger partial charge in [-0.05, 0) is 47.1 Å². The van der Waals surface area contributed by atoms with Gasteiger partial charge in [-0.1, -0.05) is 22.0 Å². The minimum absolute atomic E-state index is 0.114. The van der Waals surface area contributed by atoms with E-state index in [1.165, 1.54) is 0 Å². The Labute approximate surface area is 155 Å². The number of benzene rings is 1. The first-order chi connectivity index (χ1) is 11.6. The number of nitrogens with zero attached hydrogens (tertiary/aromatic N) is 1. The minimum Gasteiger partial charge on any atom is -0.480 e. The van der Waals surface area contributed by atoms with Crippen LogP contribution in [0.2, 0.25) is 0 Å². The maximum absolute atomic E-state index is 12.1. The van der Waals surface area contributed by atoms with E-state index in [-0.39, 0.29) is 18.6 Å². The van der Waals surface area contributed by atoms with Crippen LogP contribution in [0.15, 0.2) is 56.2 Å². The van der Waals surface area contributed by atoms with Gasteiger partial charge in [-0.2, -0.15) is 0 Å². The zero-order valence-corrected chi connectivity index (χ0v) is 15.9. The maximum atomic E-state index is 12.1. The van der Waals surface area contributed by atoms with Gasteiger partial charge >= 0.3 is 0 Å². The second-order valence-electron chi connectivity index (χ2n) is 5.16. The second-order valence-corrected chi connectivity index (χ2v) is 6.87. The van der Waals surface area contributed by atoms with E-state index in [1.807, 2.05) is 31.2 Å². The molecule has 0 bridgehead atoms. The molecule has 0 saturated carbocycles. The van der Waals surface area contributed by atoms with E-state index in [9.17, 15) is 4.79 Å². The first-order valence-electron chi connectivity index (χ1n) is 7.24. The number of pyridine rings is 1. The lowest BCUT2D eigenvalue weighted by atomic mass is 10.2. The van der Waals surface area contributed by atoms with Gasteiger partial charge in [0.1, 0.15) is 11.3 Å². The van der Waals surface area contributed by atoms with Gasteiger partial charge in [0, 0.05) is 16.1 Å². The molecule has 0 saturated heterocycles. The third-order valence-corrected chi connectivity index (χ3v) is 4.69. The van der Waals surface area contributed by atoms with Crippen molar-refractivity contribution in [1.29, 1.82) is 0 Å². The molecule has 24 heavy (non-hydrogen) atoms. The van der Waals surface area contributed by atoms with Gasteiger partial charge in [-0.25, -0.2) is 0 Å². The van der Waals surface area contributed by atoms with Gasteiger partial charge in [0.2, 0.25) is 0 Å². The fourth-order valence-electron chi connectivity index (χ4n) is 2.31. The van der Waals surface area contributed by atoms with Gasteiger partial charge in [-0.3, -0.25) is 9.78 Å². The molecular formula is C17H14Br2N2O3. The number of rotatable bonds is 5. The average Bonchev–Trinajstić information content (AvgIpc) is 3.09. The molecule has 5 nitrogen and oxygen atoms in total. The van der Waals surface area contributed by atoms with Gasteiger partial charge in [0.15, 0.2) is 12.4 Å². The van der Waals surface area contributed by atoms with E-state index >= 15 is 0 Å². The molecule has 0 radical (unpaired) electrons. The molecule has 0 aliphatic heterocycles. The quantitative estimate of drug-likeness (QED) is 0.612. The Morgan fingerprint density at radius 1 is 1.33 bits per heavy atom. The minimum atomic E-state index is -0.238. The first-order valence-corrected chi connectivity index (χ1v) is 8.83. The Morgan fingerprint density at radius 2 is 2.17 bits per heavy atom. The van der Waals surface area contributed by atoms with Gasteiger partial charge < -0.3 is 14.5 Å². The van der Waals surface area contributed by atoms with Crippen molar-refractivity contribution in [1.82, 2.24) is 10.3 Å². The van der Waals surface area contributed by atoms with Crippen molar-refractivity contribution in [3.05, 3.63) is 57.5 Å². The monoisotopic (exact) mass is 452 g/mol. The van der Waals surface area contributed by atoms with Crippen LogP contribution in [0.3, 0.4) is 0 Å². The molecule has 0 fully saturated rings. The number of carbonyl (C=O) groups excluding carboxylic acids is 1. The molecule has 1 atom stereocenters. The molecule has 3 aromatic rings. The summed E-state index contributed by atoms with van der Waals surface area (Å²) in [5.74, 6) is 0.993. The Morgan fingerprint density at radius 3 is 2.92 bits per heavy atom. The summed E-state index contributed by atoms with van der Waals surface area (Å²) < 4.78 is 12.6. The zero-order chi connectivity index (χ0) is 17.1. The molecule has 0 aliphatic carbocycles. The average molecular weight is 454 g/mol. The lowest BCUT2D eigenvalue weighted by Gasteiger charge is -2.14. The SMILES string of the molecule is CC(NC(=O)COc1c(Br)cc(Br)c2cccnc12)c1ccco1.